The van der Waals surface area contributed by atoms with E-state index in [0.29, 0.717) is 12.4 Å². The van der Waals surface area contributed by atoms with Crippen molar-refractivity contribution in [1.29, 1.82) is 0 Å². The Labute approximate surface area is 103 Å². The van der Waals surface area contributed by atoms with E-state index in [4.69, 9.17) is 5.14 Å². The maximum atomic E-state index is 11.4. The smallest absolute Gasteiger partial charge is 0.273 e. The van der Waals surface area contributed by atoms with Gasteiger partial charge in [-0.25, -0.2) is 13.6 Å². The van der Waals surface area contributed by atoms with Crippen LogP contribution < -0.4 is 5.14 Å². The second-order valence-electron chi connectivity index (χ2n) is 3.48. The lowest BCUT2D eigenvalue weighted by Gasteiger charge is -2.05. The van der Waals surface area contributed by atoms with Crippen molar-refractivity contribution in [2.24, 2.45) is 5.14 Å². The minimum absolute atomic E-state index is 0.178. The fraction of sp³-hybridized carbons (Fsp3) is 0.333. The maximum Gasteiger partial charge on any atom is 0.273 e. The molecule has 0 aliphatic carbocycles. The zero-order valence-electron chi connectivity index (χ0n) is 9.20. The number of hydrogen-bond donors (Lipinski definition) is 1. The second-order valence-corrected chi connectivity index (χ2v) is 5.88. The van der Waals surface area contributed by atoms with Gasteiger partial charge in [-0.1, -0.05) is 13.0 Å². The van der Waals surface area contributed by atoms with Gasteiger partial charge in [0.05, 0.1) is 4.88 Å². The molecule has 0 aromatic carbocycles. The number of sulfonamides is 1. The Morgan fingerprint density at radius 2 is 2.24 bits per heavy atom. The summed E-state index contributed by atoms with van der Waals surface area (Å²) in [5, 5.41) is 14.4. The van der Waals surface area contributed by atoms with Crippen molar-refractivity contribution in [3.05, 3.63) is 17.5 Å². The highest BCUT2D eigenvalue weighted by molar-refractivity contribution is 7.89. The van der Waals surface area contributed by atoms with Crippen molar-refractivity contribution in [1.82, 2.24) is 14.8 Å². The molecule has 0 saturated carbocycles. The van der Waals surface area contributed by atoms with Crippen molar-refractivity contribution in [3.63, 3.8) is 0 Å². The van der Waals surface area contributed by atoms with Gasteiger partial charge >= 0.3 is 0 Å². The van der Waals surface area contributed by atoms with Gasteiger partial charge in [-0.2, -0.15) is 0 Å². The predicted molar refractivity (Wildman–Crippen MR) is 65.0 cm³/mol. The van der Waals surface area contributed by atoms with Crippen LogP contribution in [-0.4, -0.2) is 23.2 Å². The highest BCUT2D eigenvalue weighted by Crippen LogP contribution is 2.24. The Balaban J connectivity index is 2.59. The van der Waals surface area contributed by atoms with Gasteiger partial charge in [-0.3, -0.25) is 4.57 Å². The molecule has 2 aromatic heterocycles. The minimum atomic E-state index is -3.83. The first kappa shape index (κ1) is 12.2. The lowest BCUT2D eigenvalue weighted by Crippen LogP contribution is -2.18. The SMILES string of the molecule is CCCn1c(-c2cccs2)nnc1S(N)(=O)=O. The summed E-state index contributed by atoms with van der Waals surface area (Å²) in [5.74, 6) is 0.547. The molecular formula is C9H12N4O2S2. The third-order valence-electron chi connectivity index (χ3n) is 2.16. The normalized spacial score (nSPS) is 11.9. The molecule has 17 heavy (non-hydrogen) atoms. The Bertz CT molecular complexity index is 601. The zero-order chi connectivity index (χ0) is 12.5. The fourth-order valence-corrected chi connectivity index (χ4v) is 2.87. The lowest BCUT2D eigenvalue weighted by molar-refractivity contribution is 0.560. The largest absolute Gasteiger partial charge is 0.296 e. The predicted octanol–water partition coefficient (Wildman–Crippen LogP) is 1.06. The van der Waals surface area contributed by atoms with E-state index in [1.807, 2.05) is 24.4 Å². The third kappa shape index (κ3) is 2.38. The van der Waals surface area contributed by atoms with Crippen LogP contribution in [0.25, 0.3) is 10.7 Å². The third-order valence-corrected chi connectivity index (χ3v) is 3.84. The number of primary sulfonamides is 1. The average Bonchev–Trinajstić information content (AvgIpc) is 2.82. The van der Waals surface area contributed by atoms with E-state index < -0.39 is 10.0 Å². The quantitative estimate of drug-likeness (QED) is 0.901. The van der Waals surface area contributed by atoms with Gasteiger partial charge in [0, 0.05) is 6.54 Å². The standard InChI is InChI=1S/C9H12N4O2S2/c1-2-5-13-8(7-4-3-6-16-7)11-12-9(13)17(10,14)15/h3-4,6H,2,5H2,1H3,(H2,10,14,15). The van der Waals surface area contributed by atoms with E-state index in [1.54, 1.807) is 4.57 Å². The van der Waals surface area contributed by atoms with E-state index in [0.717, 1.165) is 11.3 Å². The summed E-state index contributed by atoms with van der Waals surface area (Å²) in [6.45, 7) is 2.47. The van der Waals surface area contributed by atoms with E-state index in [-0.39, 0.29) is 5.16 Å². The molecule has 0 spiro atoms. The first-order valence-corrected chi connectivity index (χ1v) is 7.46. The topological polar surface area (TPSA) is 90.9 Å². The van der Waals surface area contributed by atoms with Crippen molar-refractivity contribution in [2.75, 3.05) is 0 Å². The molecule has 6 nitrogen and oxygen atoms in total. The molecule has 0 fully saturated rings. The number of hydrogen-bond acceptors (Lipinski definition) is 5. The molecule has 2 N–H and O–H groups in total. The van der Waals surface area contributed by atoms with Crippen LogP contribution in [0.4, 0.5) is 0 Å². The van der Waals surface area contributed by atoms with Crippen LogP contribution in [0.1, 0.15) is 13.3 Å². The van der Waals surface area contributed by atoms with Crippen molar-refractivity contribution in [2.45, 2.75) is 25.0 Å². The van der Waals surface area contributed by atoms with Gasteiger partial charge in [0.1, 0.15) is 0 Å². The first-order valence-electron chi connectivity index (χ1n) is 5.04. The van der Waals surface area contributed by atoms with Crippen LogP contribution in [0.3, 0.4) is 0 Å². The molecule has 8 heteroatoms. The molecule has 0 aliphatic heterocycles. The van der Waals surface area contributed by atoms with Crippen molar-refractivity contribution in [3.8, 4) is 10.7 Å². The molecule has 0 atom stereocenters. The molecule has 2 aromatic rings. The molecule has 0 amide bonds. The summed E-state index contributed by atoms with van der Waals surface area (Å²) in [4.78, 5) is 0.876. The Kier molecular flexibility index (Phi) is 3.27. The van der Waals surface area contributed by atoms with Crippen LogP contribution in [0.15, 0.2) is 22.7 Å². The molecule has 0 unspecified atom stereocenters. The molecule has 0 radical (unpaired) electrons. The monoisotopic (exact) mass is 272 g/mol. The van der Waals surface area contributed by atoms with Gasteiger partial charge in [-0.05, 0) is 17.9 Å². The summed E-state index contributed by atoms with van der Waals surface area (Å²) in [5.41, 5.74) is 0. The number of thiophene rings is 1. The number of nitrogens with zero attached hydrogens (tertiary/aromatic N) is 3. The van der Waals surface area contributed by atoms with Crippen LogP contribution >= 0.6 is 11.3 Å². The first-order chi connectivity index (χ1) is 8.04. The van der Waals surface area contributed by atoms with Crippen LogP contribution in [0.5, 0.6) is 0 Å². The fourth-order valence-electron chi connectivity index (χ4n) is 1.51. The molecular weight excluding hydrogens is 260 g/mol. The molecule has 0 saturated heterocycles. The minimum Gasteiger partial charge on any atom is -0.296 e. The van der Waals surface area contributed by atoms with E-state index in [2.05, 4.69) is 10.2 Å². The molecule has 92 valence electrons. The van der Waals surface area contributed by atoms with Crippen LogP contribution in [0.2, 0.25) is 0 Å². The van der Waals surface area contributed by atoms with Crippen molar-refractivity contribution < 1.29 is 8.42 Å². The van der Waals surface area contributed by atoms with Gasteiger partial charge < -0.3 is 0 Å². The summed E-state index contributed by atoms with van der Waals surface area (Å²) in [6.07, 6.45) is 0.777. The van der Waals surface area contributed by atoms with Crippen LogP contribution in [0, 0.1) is 0 Å². The Morgan fingerprint density at radius 3 is 2.76 bits per heavy atom. The van der Waals surface area contributed by atoms with E-state index in [9.17, 15) is 8.42 Å². The number of aromatic nitrogens is 3. The maximum absolute atomic E-state index is 11.4. The summed E-state index contributed by atoms with van der Waals surface area (Å²) in [7, 11) is -3.83. The number of rotatable bonds is 4. The average molecular weight is 272 g/mol. The van der Waals surface area contributed by atoms with Gasteiger partial charge in [0.2, 0.25) is 0 Å². The highest BCUT2D eigenvalue weighted by atomic mass is 32.2. The molecule has 0 aliphatic rings. The Morgan fingerprint density at radius 1 is 1.47 bits per heavy atom. The zero-order valence-corrected chi connectivity index (χ0v) is 10.8. The summed E-state index contributed by atoms with van der Waals surface area (Å²) in [6, 6.07) is 3.75. The second kappa shape index (κ2) is 4.55. The van der Waals surface area contributed by atoms with E-state index >= 15 is 0 Å². The van der Waals surface area contributed by atoms with Crippen LogP contribution in [-0.2, 0) is 16.6 Å². The molecule has 2 heterocycles. The lowest BCUT2D eigenvalue weighted by atomic mass is 10.4. The molecule has 2 rings (SSSR count). The summed E-state index contributed by atoms with van der Waals surface area (Å²) >= 11 is 1.48. The van der Waals surface area contributed by atoms with Gasteiger partial charge in [0.25, 0.3) is 15.2 Å². The van der Waals surface area contributed by atoms with Gasteiger partial charge in [0.15, 0.2) is 5.82 Å². The number of nitrogens with two attached hydrogens (primary N) is 1. The molecule has 0 bridgehead atoms. The van der Waals surface area contributed by atoms with Crippen molar-refractivity contribution >= 4 is 21.4 Å². The Hall–Kier alpha value is -1.25. The highest BCUT2D eigenvalue weighted by Gasteiger charge is 2.21. The summed E-state index contributed by atoms with van der Waals surface area (Å²) < 4.78 is 24.3. The van der Waals surface area contributed by atoms with E-state index in [1.165, 1.54) is 11.3 Å². The van der Waals surface area contributed by atoms with Gasteiger partial charge in [-0.15, -0.1) is 21.5 Å².